The Kier molecular flexibility index (Phi) is 9.90. The fourth-order valence-electron chi connectivity index (χ4n) is 8.38. The van der Waals surface area contributed by atoms with Crippen LogP contribution in [0.25, 0.3) is 0 Å². The Morgan fingerprint density at radius 3 is 2.35 bits per heavy atom. The highest BCUT2D eigenvalue weighted by molar-refractivity contribution is 9.10. The van der Waals surface area contributed by atoms with Crippen molar-refractivity contribution < 1.29 is 14.4 Å². The second-order valence-corrected chi connectivity index (χ2v) is 15.6. The molecule has 1 unspecified atom stereocenters. The van der Waals surface area contributed by atoms with Gasteiger partial charge in [-0.3, -0.25) is 29.3 Å². The molecular weight excluding hydrogens is 716 g/mol. The normalized spacial score (nSPS) is 24.0. The van der Waals surface area contributed by atoms with E-state index in [0.717, 1.165) is 77.1 Å². The van der Waals surface area contributed by atoms with Crippen LogP contribution in [0.15, 0.2) is 62.9 Å². The van der Waals surface area contributed by atoms with Crippen molar-refractivity contribution in [2.45, 2.75) is 62.9 Å². The average molecular weight is 762 g/mol. The van der Waals surface area contributed by atoms with Crippen LogP contribution >= 0.6 is 15.9 Å². The molecule has 0 bridgehead atoms. The number of likely N-dealkylation sites (N-methyl/N-ethyl adjacent to an activating group) is 1. The Morgan fingerprint density at radius 1 is 0.961 bits per heavy atom. The fraction of sp³-hybridized carbons (Fsp3) is 0.514. The van der Waals surface area contributed by atoms with Gasteiger partial charge < -0.3 is 24.6 Å². The summed E-state index contributed by atoms with van der Waals surface area (Å²) in [5.41, 5.74) is 3.24. The first-order chi connectivity index (χ1) is 24.5. The van der Waals surface area contributed by atoms with Gasteiger partial charge in [0.25, 0.3) is 17.0 Å². The minimum atomic E-state index is -0.657. The molecule has 270 valence electrons. The van der Waals surface area contributed by atoms with Gasteiger partial charge in [-0.25, -0.2) is 4.68 Å². The van der Waals surface area contributed by atoms with Crippen LogP contribution in [0.1, 0.15) is 72.8 Å². The lowest BCUT2D eigenvalue weighted by atomic mass is 9.71. The molecule has 3 atom stereocenters. The second-order valence-electron chi connectivity index (χ2n) is 14.8. The number of nitrogens with zero attached hydrogens (tertiary/aromatic N) is 6. The number of aromatic nitrogens is 3. The van der Waals surface area contributed by atoms with E-state index >= 15 is 0 Å². The lowest BCUT2D eigenvalue weighted by Gasteiger charge is -2.47. The predicted molar refractivity (Wildman–Crippen MR) is 197 cm³/mol. The van der Waals surface area contributed by atoms with Crippen LogP contribution in [-0.4, -0.2) is 94.2 Å². The second kappa shape index (κ2) is 14.4. The topological polar surface area (TPSA) is 142 Å². The molecule has 1 aromatic carbocycles. The quantitative estimate of drug-likeness (QED) is 0.363. The van der Waals surface area contributed by atoms with E-state index in [2.05, 4.69) is 60.6 Å². The first-order valence-electron chi connectivity index (χ1n) is 17.9. The maximum atomic E-state index is 13.6. The van der Waals surface area contributed by atoms with E-state index in [1.807, 2.05) is 23.1 Å². The maximum absolute atomic E-state index is 13.6. The molecule has 0 aliphatic carbocycles. The summed E-state index contributed by atoms with van der Waals surface area (Å²) >= 11 is 3.42. The van der Waals surface area contributed by atoms with Crippen molar-refractivity contribution in [1.29, 1.82) is 0 Å². The van der Waals surface area contributed by atoms with Gasteiger partial charge in [-0.2, -0.15) is 5.10 Å². The molecule has 51 heavy (non-hydrogen) atoms. The zero-order valence-corrected chi connectivity index (χ0v) is 30.7. The zero-order valence-electron chi connectivity index (χ0n) is 29.1. The third-order valence-electron chi connectivity index (χ3n) is 11.5. The monoisotopic (exact) mass is 760 g/mol. The maximum Gasteiger partial charge on any atom is 0.282 e. The molecule has 7 rings (SSSR count). The summed E-state index contributed by atoms with van der Waals surface area (Å²) in [5.74, 6) is -0.364. The van der Waals surface area contributed by atoms with Gasteiger partial charge in [0.1, 0.15) is 10.5 Å². The molecule has 1 spiro atoms. The molecule has 4 saturated heterocycles. The Morgan fingerprint density at radius 2 is 1.67 bits per heavy atom. The molecule has 3 amide bonds. The van der Waals surface area contributed by atoms with Crippen molar-refractivity contribution in [2.24, 2.45) is 12.5 Å². The first kappa shape index (κ1) is 35.1. The minimum Gasteiger partial charge on any atom is -0.379 e. The SMILES string of the molecule is CN1C[C@H](Nc2cnn(C)c(=O)c2Br)C[C@H](c2ccc(C(=O)N3CCC4(CC3)CCN(c3ccn(C5CCC(=O)NC5=O)c(=O)c3)CC4)cc2)C1. The number of benzene rings is 1. The van der Waals surface area contributed by atoms with Gasteiger partial charge in [-0.05, 0) is 96.6 Å². The lowest BCUT2D eigenvalue weighted by molar-refractivity contribution is -0.135. The van der Waals surface area contributed by atoms with E-state index in [1.54, 1.807) is 25.5 Å². The van der Waals surface area contributed by atoms with Gasteiger partial charge in [-0.1, -0.05) is 12.1 Å². The molecule has 2 aromatic heterocycles. The van der Waals surface area contributed by atoms with Crippen LogP contribution in [0.3, 0.4) is 0 Å². The zero-order chi connectivity index (χ0) is 35.9. The molecule has 2 N–H and O–H groups in total. The van der Waals surface area contributed by atoms with Gasteiger partial charge >= 0.3 is 0 Å². The number of halogens is 1. The van der Waals surface area contributed by atoms with Crippen LogP contribution in [0.5, 0.6) is 0 Å². The number of piperidine rings is 4. The number of anilines is 2. The van der Waals surface area contributed by atoms with Crippen LogP contribution in [-0.2, 0) is 16.6 Å². The Balaban J connectivity index is 0.912. The van der Waals surface area contributed by atoms with E-state index < -0.39 is 11.9 Å². The van der Waals surface area contributed by atoms with Gasteiger partial charge in [0, 0.05) is 82.3 Å². The van der Waals surface area contributed by atoms with E-state index in [9.17, 15) is 24.0 Å². The standard InChI is InChI=1S/C37H45BrN8O5/c1-42-22-26(19-27(23-42)40-29-21-39-43(2)36(51)33(29)38)24-3-5-25(6-4-24)35(50)45-17-12-37(13-18-45)10-15-44(16-11-37)28-9-14-46(32(48)20-28)30-7-8-31(47)41-34(30)49/h3-6,9,14,20-21,26-27,30,40H,7-8,10-13,15-19,22-23H2,1-2H3,(H,41,47,49)/t26-,27+,30?/m0/s1. The summed E-state index contributed by atoms with van der Waals surface area (Å²) in [6.45, 7) is 4.90. The third-order valence-corrected chi connectivity index (χ3v) is 12.2. The van der Waals surface area contributed by atoms with Crippen molar-refractivity contribution in [1.82, 2.24) is 29.5 Å². The van der Waals surface area contributed by atoms with Gasteiger partial charge in [-0.15, -0.1) is 0 Å². The smallest absolute Gasteiger partial charge is 0.282 e. The van der Waals surface area contributed by atoms with Crippen LogP contribution in [0, 0.1) is 5.41 Å². The molecule has 0 saturated carbocycles. The van der Waals surface area contributed by atoms with Crippen molar-refractivity contribution in [3.05, 3.63) is 85.1 Å². The number of hydrogen-bond donors (Lipinski definition) is 2. The molecule has 4 fully saturated rings. The first-order valence-corrected chi connectivity index (χ1v) is 18.6. The molecule has 14 heteroatoms. The number of rotatable bonds is 6. The average Bonchev–Trinajstić information content (AvgIpc) is 3.12. The molecule has 6 heterocycles. The van der Waals surface area contributed by atoms with Gasteiger partial charge in [0.15, 0.2) is 0 Å². The number of imide groups is 1. The van der Waals surface area contributed by atoms with Crippen molar-refractivity contribution >= 4 is 45.0 Å². The number of carbonyl (C=O) groups is 3. The number of carbonyl (C=O) groups excluding carboxylic acids is 3. The van der Waals surface area contributed by atoms with Crippen molar-refractivity contribution in [3.63, 3.8) is 0 Å². The Hall–Kier alpha value is -4.30. The van der Waals surface area contributed by atoms with Crippen LogP contribution in [0.4, 0.5) is 11.4 Å². The van der Waals surface area contributed by atoms with E-state index in [4.69, 9.17) is 0 Å². The number of nitrogens with one attached hydrogen (secondary N) is 2. The molecule has 13 nitrogen and oxygen atoms in total. The Bertz CT molecular complexity index is 1930. The summed E-state index contributed by atoms with van der Waals surface area (Å²) in [5, 5.41) is 10.00. The van der Waals surface area contributed by atoms with Crippen molar-refractivity contribution in [3.8, 4) is 0 Å². The summed E-state index contributed by atoms with van der Waals surface area (Å²) in [4.78, 5) is 69.2. The number of aryl methyl sites for hydroxylation is 1. The molecular formula is C37H45BrN8O5. The van der Waals surface area contributed by atoms with Crippen LogP contribution < -0.4 is 26.7 Å². The van der Waals surface area contributed by atoms with Crippen molar-refractivity contribution in [2.75, 3.05) is 56.5 Å². The number of hydrogen-bond acceptors (Lipinski definition) is 9. The van der Waals surface area contributed by atoms with E-state index in [-0.39, 0.29) is 46.7 Å². The lowest BCUT2D eigenvalue weighted by Crippen LogP contribution is -2.48. The number of likely N-dealkylation sites (tertiary alicyclic amines) is 2. The molecule has 0 radical (unpaired) electrons. The van der Waals surface area contributed by atoms with E-state index in [0.29, 0.717) is 22.1 Å². The molecule has 4 aliphatic rings. The highest BCUT2D eigenvalue weighted by Crippen LogP contribution is 2.42. The highest BCUT2D eigenvalue weighted by atomic mass is 79.9. The highest BCUT2D eigenvalue weighted by Gasteiger charge is 2.39. The number of amides is 3. The summed E-state index contributed by atoms with van der Waals surface area (Å²) in [7, 11) is 3.73. The largest absolute Gasteiger partial charge is 0.379 e. The third kappa shape index (κ3) is 7.39. The Labute approximate surface area is 305 Å². The van der Waals surface area contributed by atoms with Gasteiger partial charge in [0.05, 0.1) is 11.9 Å². The van der Waals surface area contributed by atoms with Gasteiger partial charge in [0.2, 0.25) is 11.8 Å². The minimum absolute atomic E-state index is 0.0775. The molecule has 4 aliphatic heterocycles. The summed E-state index contributed by atoms with van der Waals surface area (Å²) in [6.07, 6.45) is 8.73. The summed E-state index contributed by atoms with van der Waals surface area (Å²) in [6, 6.07) is 11.1. The predicted octanol–water partition coefficient (Wildman–Crippen LogP) is 3.10. The van der Waals surface area contributed by atoms with E-state index in [1.165, 1.54) is 14.8 Å². The molecule has 3 aromatic rings. The fourth-order valence-corrected chi connectivity index (χ4v) is 8.86. The summed E-state index contributed by atoms with van der Waals surface area (Å²) < 4.78 is 3.21. The van der Waals surface area contributed by atoms with Crippen LogP contribution in [0.2, 0.25) is 0 Å². The number of pyridine rings is 1.